The Morgan fingerprint density at radius 2 is 2.05 bits per heavy atom. The molecule has 2 unspecified atom stereocenters. The van der Waals surface area contributed by atoms with Gasteiger partial charge in [0, 0.05) is 30.9 Å². The summed E-state index contributed by atoms with van der Waals surface area (Å²) in [4.78, 5) is 7.07. The lowest BCUT2D eigenvalue weighted by molar-refractivity contribution is 0.360. The second kappa shape index (κ2) is 5.96. The Kier molecular flexibility index (Phi) is 4.21. The first-order valence-corrected chi connectivity index (χ1v) is 8.49. The maximum Gasteiger partial charge on any atom is 0.0600 e. The molecule has 3 rings (SSSR count). The van der Waals surface area contributed by atoms with Gasteiger partial charge in [-0.05, 0) is 64.0 Å². The van der Waals surface area contributed by atoms with Crippen LogP contribution < -0.4 is 10.2 Å². The zero-order valence-corrected chi connectivity index (χ0v) is 13.7. The van der Waals surface area contributed by atoms with Gasteiger partial charge in [-0.15, -0.1) is 0 Å². The third-order valence-electron chi connectivity index (χ3n) is 5.00. The Morgan fingerprint density at radius 1 is 1.24 bits per heavy atom. The number of hydrogen-bond acceptors (Lipinski definition) is 3. The first-order valence-electron chi connectivity index (χ1n) is 8.49. The van der Waals surface area contributed by atoms with E-state index in [4.69, 9.17) is 0 Å². The van der Waals surface area contributed by atoms with Gasteiger partial charge in [0.05, 0.1) is 11.9 Å². The molecular formula is C18H29N3. The predicted octanol–water partition coefficient (Wildman–Crippen LogP) is 3.74. The van der Waals surface area contributed by atoms with Crippen LogP contribution in [0.5, 0.6) is 0 Å². The van der Waals surface area contributed by atoms with Crippen LogP contribution in [0.3, 0.4) is 0 Å². The van der Waals surface area contributed by atoms with E-state index in [0.717, 1.165) is 18.5 Å². The summed E-state index contributed by atoms with van der Waals surface area (Å²) in [5, 5.41) is 3.62. The Hall–Kier alpha value is -1.09. The van der Waals surface area contributed by atoms with Crippen molar-refractivity contribution in [2.75, 3.05) is 11.4 Å². The smallest absolute Gasteiger partial charge is 0.0600 e. The summed E-state index contributed by atoms with van der Waals surface area (Å²) in [6.07, 6.45) is 11.0. The molecule has 0 amide bonds. The molecule has 1 aliphatic heterocycles. The van der Waals surface area contributed by atoms with Crippen molar-refractivity contribution in [3.8, 4) is 0 Å². The van der Waals surface area contributed by atoms with Gasteiger partial charge in [-0.2, -0.15) is 0 Å². The largest absolute Gasteiger partial charge is 0.367 e. The minimum atomic E-state index is 0.151. The average Bonchev–Trinajstić information content (AvgIpc) is 2.93. The lowest BCUT2D eigenvalue weighted by atomic mass is 9.91. The highest BCUT2D eigenvalue weighted by molar-refractivity contribution is 5.53. The van der Waals surface area contributed by atoms with E-state index in [9.17, 15) is 0 Å². The van der Waals surface area contributed by atoms with Crippen molar-refractivity contribution in [1.82, 2.24) is 10.3 Å². The topological polar surface area (TPSA) is 28.2 Å². The first kappa shape index (κ1) is 14.8. The van der Waals surface area contributed by atoms with Crippen molar-refractivity contribution in [2.45, 2.75) is 71.0 Å². The third-order valence-corrected chi connectivity index (χ3v) is 5.00. The molecule has 116 valence electrons. The van der Waals surface area contributed by atoms with Crippen LogP contribution >= 0.6 is 0 Å². The van der Waals surface area contributed by atoms with Gasteiger partial charge >= 0.3 is 0 Å². The van der Waals surface area contributed by atoms with Crippen LogP contribution in [-0.2, 0) is 6.54 Å². The van der Waals surface area contributed by atoms with E-state index in [2.05, 4.69) is 48.2 Å². The van der Waals surface area contributed by atoms with Gasteiger partial charge < -0.3 is 10.2 Å². The molecule has 3 nitrogen and oxygen atoms in total. The predicted molar refractivity (Wildman–Crippen MR) is 88.5 cm³/mol. The third kappa shape index (κ3) is 3.39. The van der Waals surface area contributed by atoms with Crippen molar-refractivity contribution < 1.29 is 0 Å². The number of hydrogen-bond donors (Lipinski definition) is 1. The number of nitrogens with one attached hydrogen (secondary N) is 1. The quantitative estimate of drug-likeness (QED) is 0.918. The number of rotatable bonds is 3. The molecule has 1 aliphatic carbocycles. The maximum atomic E-state index is 4.41. The number of aromatic nitrogens is 1. The van der Waals surface area contributed by atoms with Crippen LogP contribution in [0.1, 0.15) is 58.4 Å². The van der Waals surface area contributed by atoms with E-state index in [0.29, 0.717) is 0 Å². The molecule has 2 fully saturated rings. The van der Waals surface area contributed by atoms with Gasteiger partial charge in [0.2, 0.25) is 0 Å². The summed E-state index contributed by atoms with van der Waals surface area (Å²) in [5.74, 6) is 0.919. The molecule has 0 bridgehead atoms. The molecule has 1 aromatic rings. The fraction of sp³-hybridized carbons (Fsp3) is 0.722. The fourth-order valence-corrected chi connectivity index (χ4v) is 3.94. The van der Waals surface area contributed by atoms with Crippen molar-refractivity contribution in [3.63, 3.8) is 0 Å². The normalized spacial score (nSPS) is 26.0. The van der Waals surface area contributed by atoms with Gasteiger partial charge in [-0.25, -0.2) is 0 Å². The summed E-state index contributed by atoms with van der Waals surface area (Å²) < 4.78 is 0. The Labute approximate surface area is 129 Å². The molecule has 1 aromatic heterocycles. The molecule has 1 N–H and O–H groups in total. The molecule has 1 saturated heterocycles. The van der Waals surface area contributed by atoms with Gasteiger partial charge in [0.15, 0.2) is 0 Å². The number of piperidine rings is 1. The Morgan fingerprint density at radius 3 is 2.86 bits per heavy atom. The van der Waals surface area contributed by atoms with E-state index in [1.54, 1.807) is 0 Å². The zero-order chi connectivity index (χ0) is 14.9. The van der Waals surface area contributed by atoms with Crippen molar-refractivity contribution >= 4 is 5.69 Å². The maximum absolute atomic E-state index is 4.41. The molecular weight excluding hydrogens is 258 g/mol. The lowest BCUT2D eigenvalue weighted by Crippen LogP contribution is -2.43. The second-order valence-electron chi connectivity index (χ2n) is 7.70. The summed E-state index contributed by atoms with van der Waals surface area (Å²) in [5.41, 5.74) is 2.91. The van der Waals surface area contributed by atoms with E-state index < -0.39 is 0 Å². The summed E-state index contributed by atoms with van der Waals surface area (Å²) in [7, 11) is 0. The molecule has 2 heterocycles. The highest BCUT2D eigenvalue weighted by Crippen LogP contribution is 2.39. The summed E-state index contributed by atoms with van der Waals surface area (Å²) in [6, 6.07) is 2.95. The van der Waals surface area contributed by atoms with E-state index in [1.807, 2.05) is 6.20 Å². The van der Waals surface area contributed by atoms with Crippen LogP contribution in [0, 0.1) is 5.92 Å². The highest BCUT2D eigenvalue weighted by atomic mass is 15.2. The van der Waals surface area contributed by atoms with Gasteiger partial charge in [0.1, 0.15) is 0 Å². The van der Waals surface area contributed by atoms with Crippen LogP contribution in [-0.4, -0.2) is 23.1 Å². The van der Waals surface area contributed by atoms with Gasteiger partial charge in [0.25, 0.3) is 0 Å². The number of pyridine rings is 1. The van der Waals surface area contributed by atoms with Crippen LogP contribution in [0.15, 0.2) is 18.5 Å². The highest BCUT2D eigenvalue weighted by Gasteiger charge is 2.35. The number of nitrogens with zero attached hydrogens (tertiary/aromatic N) is 2. The van der Waals surface area contributed by atoms with Crippen molar-refractivity contribution in [3.05, 3.63) is 24.0 Å². The van der Waals surface area contributed by atoms with Crippen LogP contribution in [0.25, 0.3) is 0 Å². The SMILES string of the molecule is CC(C)(C)NCc1ccncc1N1CCCC2CCCC21. The van der Waals surface area contributed by atoms with E-state index in [-0.39, 0.29) is 5.54 Å². The van der Waals surface area contributed by atoms with E-state index >= 15 is 0 Å². The van der Waals surface area contributed by atoms with E-state index in [1.165, 1.54) is 49.9 Å². The van der Waals surface area contributed by atoms with Gasteiger partial charge in [-0.1, -0.05) is 6.42 Å². The number of fused-ring (bicyclic) bond motifs is 1. The minimum absolute atomic E-state index is 0.151. The Balaban J connectivity index is 1.81. The standard InChI is InChI=1S/C18H29N3/c1-18(2,3)20-12-15-9-10-19-13-17(15)21-11-5-7-14-6-4-8-16(14)21/h9-10,13-14,16,20H,4-8,11-12H2,1-3H3. The van der Waals surface area contributed by atoms with Crippen molar-refractivity contribution in [1.29, 1.82) is 0 Å². The molecule has 2 aliphatic rings. The zero-order valence-electron chi connectivity index (χ0n) is 13.7. The minimum Gasteiger partial charge on any atom is -0.367 e. The molecule has 3 heteroatoms. The molecule has 0 aromatic carbocycles. The molecule has 0 spiro atoms. The number of anilines is 1. The fourth-order valence-electron chi connectivity index (χ4n) is 3.94. The average molecular weight is 287 g/mol. The summed E-state index contributed by atoms with van der Waals surface area (Å²) >= 11 is 0. The van der Waals surface area contributed by atoms with Gasteiger partial charge in [-0.3, -0.25) is 4.98 Å². The summed E-state index contributed by atoms with van der Waals surface area (Å²) in [6.45, 7) is 8.80. The monoisotopic (exact) mass is 287 g/mol. The second-order valence-corrected chi connectivity index (χ2v) is 7.70. The van der Waals surface area contributed by atoms with Crippen molar-refractivity contribution in [2.24, 2.45) is 5.92 Å². The first-order chi connectivity index (χ1) is 10.0. The lowest BCUT2D eigenvalue weighted by Gasteiger charge is -2.40. The van der Waals surface area contributed by atoms with Crippen LogP contribution in [0.4, 0.5) is 5.69 Å². The van der Waals surface area contributed by atoms with Crippen LogP contribution in [0.2, 0.25) is 0 Å². The Bertz CT molecular complexity index is 478. The molecule has 1 saturated carbocycles. The molecule has 21 heavy (non-hydrogen) atoms. The molecule has 2 atom stereocenters. The molecule has 0 radical (unpaired) electrons.